The molecule has 4 nitrogen and oxygen atoms in total. The van der Waals surface area contributed by atoms with Crippen molar-refractivity contribution in [2.75, 3.05) is 0 Å². The minimum absolute atomic E-state index is 0.0927. The van der Waals surface area contributed by atoms with Gasteiger partial charge in [-0.2, -0.15) is 10.5 Å². The fraction of sp³-hybridized carbons (Fsp3) is 0. The van der Waals surface area contributed by atoms with Crippen molar-refractivity contribution in [3.8, 4) is 23.4 Å². The van der Waals surface area contributed by atoms with Gasteiger partial charge in [0.1, 0.15) is 17.7 Å². The predicted molar refractivity (Wildman–Crippen MR) is 61.9 cm³/mol. The molecule has 0 fully saturated rings. The Balaban J connectivity index is 2.69. The van der Waals surface area contributed by atoms with E-state index >= 15 is 0 Å². The Morgan fingerprint density at radius 3 is 2.35 bits per heavy atom. The Bertz CT molecular complexity index is 687. The Hall–Kier alpha value is -2.85. The van der Waals surface area contributed by atoms with E-state index in [2.05, 4.69) is 4.98 Å². The number of aromatic nitrogens is 1. The van der Waals surface area contributed by atoms with Gasteiger partial charge >= 0.3 is 0 Å². The van der Waals surface area contributed by atoms with Gasteiger partial charge < -0.3 is 4.98 Å². The standard InChI is InChI=1S/C13H7N3O/c14-7-10-6-12(9-4-2-1-3-5-9)16-13(17)11(10)8-15/h1-6H,(H,16,17). The SMILES string of the molecule is N#Cc1cc(-c2ccccc2)[nH]c(=O)c1C#N. The fourth-order valence-corrected chi connectivity index (χ4v) is 1.53. The second kappa shape index (κ2) is 4.34. The molecule has 0 aliphatic rings. The van der Waals surface area contributed by atoms with Crippen molar-refractivity contribution in [3.05, 3.63) is 57.9 Å². The maximum absolute atomic E-state index is 11.6. The summed E-state index contributed by atoms with van der Waals surface area (Å²) in [7, 11) is 0. The van der Waals surface area contributed by atoms with Crippen LogP contribution in [0.4, 0.5) is 0 Å². The van der Waals surface area contributed by atoms with Crippen molar-refractivity contribution >= 4 is 0 Å². The first-order chi connectivity index (χ1) is 8.26. The van der Waals surface area contributed by atoms with Gasteiger partial charge in [-0.05, 0) is 11.6 Å². The first kappa shape index (κ1) is 10.7. The molecule has 0 unspecified atom stereocenters. The number of H-pyrrole nitrogens is 1. The molecule has 0 aliphatic heterocycles. The van der Waals surface area contributed by atoms with Crippen LogP contribution in [0.3, 0.4) is 0 Å². The summed E-state index contributed by atoms with van der Waals surface area (Å²) in [5.41, 5.74) is 0.740. The number of rotatable bonds is 1. The van der Waals surface area contributed by atoms with E-state index in [1.165, 1.54) is 6.07 Å². The van der Waals surface area contributed by atoms with E-state index in [1.807, 2.05) is 36.4 Å². The van der Waals surface area contributed by atoms with Crippen LogP contribution in [0.1, 0.15) is 11.1 Å². The molecule has 0 amide bonds. The number of hydrogen-bond donors (Lipinski definition) is 1. The molecule has 0 aliphatic carbocycles. The van der Waals surface area contributed by atoms with Crippen molar-refractivity contribution in [1.82, 2.24) is 4.98 Å². The van der Waals surface area contributed by atoms with E-state index in [0.29, 0.717) is 5.69 Å². The van der Waals surface area contributed by atoms with E-state index in [4.69, 9.17) is 10.5 Å². The van der Waals surface area contributed by atoms with E-state index in [0.717, 1.165) is 5.56 Å². The van der Waals surface area contributed by atoms with Crippen molar-refractivity contribution < 1.29 is 0 Å². The van der Waals surface area contributed by atoms with Crippen LogP contribution in [0.15, 0.2) is 41.2 Å². The molecule has 2 aromatic rings. The summed E-state index contributed by atoms with van der Waals surface area (Å²) in [6.07, 6.45) is 0. The lowest BCUT2D eigenvalue weighted by atomic mass is 10.1. The number of aromatic amines is 1. The lowest BCUT2D eigenvalue weighted by Crippen LogP contribution is -2.13. The largest absolute Gasteiger partial charge is 0.321 e. The van der Waals surface area contributed by atoms with Crippen molar-refractivity contribution in [3.63, 3.8) is 0 Å². The molecule has 0 atom stereocenters. The molecule has 1 aromatic heterocycles. The van der Waals surface area contributed by atoms with E-state index in [1.54, 1.807) is 6.07 Å². The van der Waals surface area contributed by atoms with Gasteiger partial charge in [-0.1, -0.05) is 30.3 Å². The summed E-state index contributed by atoms with van der Waals surface area (Å²) in [5, 5.41) is 17.7. The van der Waals surface area contributed by atoms with Gasteiger partial charge in [0, 0.05) is 5.69 Å². The van der Waals surface area contributed by atoms with Crippen LogP contribution in [0.5, 0.6) is 0 Å². The maximum atomic E-state index is 11.6. The highest BCUT2D eigenvalue weighted by molar-refractivity contribution is 5.62. The minimum atomic E-state index is -0.537. The average Bonchev–Trinajstić information content (AvgIpc) is 2.38. The normalized spacial score (nSPS) is 9.29. The monoisotopic (exact) mass is 221 g/mol. The fourth-order valence-electron chi connectivity index (χ4n) is 1.53. The van der Waals surface area contributed by atoms with E-state index < -0.39 is 5.56 Å². The topological polar surface area (TPSA) is 80.4 Å². The van der Waals surface area contributed by atoms with Crippen LogP contribution >= 0.6 is 0 Å². The first-order valence-electron chi connectivity index (χ1n) is 4.89. The van der Waals surface area contributed by atoms with Crippen molar-refractivity contribution in [2.45, 2.75) is 0 Å². The van der Waals surface area contributed by atoms with Gasteiger partial charge in [0.05, 0.1) is 5.56 Å². The summed E-state index contributed by atoms with van der Waals surface area (Å²) in [6, 6.07) is 14.2. The first-order valence-corrected chi connectivity index (χ1v) is 4.89. The smallest absolute Gasteiger partial charge is 0.267 e. The Kier molecular flexibility index (Phi) is 2.72. The van der Waals surface area contributed by atoms with Crippen molar-refractivity contribution in [2.24, 2.45) is 0 Å². The third-order valence-corrected chi connectivity index (χ3v) is 2.35. The highest BCUT2D eigenvalue weighted by Crippen LogP contribution is 2.16. The van der Waals surface area contributed by atoms with Crippen LogP contribution in [0, 0.1) is 22.7 Å². The molecule has 17 heavy (non-hydrogen) atoms. The molecule has 80 valence electrons. The number of pyridine rings is 1. The van der Waals surface area contributed by atoms with Gasteiger partial charge in [0.15, 0.2) is 0 Å². The van der Waals surface area contributed by atoms with Gasteiger partial charge in [-0.25, -0.2) is 0 Å². The Labute approximate surface area is 97.4 Å². The zero-order valence-electron chi connectivity index (χ0n) is 8.77. The molecule has 0 saturated carbocycles. The molecule has 1 N–H and O–H groups in total. The number of nitriles is 2. The quantitative estimate of drug-likeness (QED) is 0.797. The summed E-state index contributed by atoms with van der Waals surface area (Å²) < 4.78 is 0. The van der Waals surface area contributed by atoms with Crippen LogP contribution in [0.2, 0.25) is 0 Å². The molecule has 0 radical (unpaired) electrons. The second-order valence-electron chi connectivity index (χ2n) is 3.39. The molecule has 1 heterocycles. The third kappa shape index (κ3) is 1.92. The van der Waals surface area contributed by atoms with Gasteiger partial charge in [0.2, 0.25) is 0 Å². The molecule has 0 saturated heterocycles. The molecular weight excluding hydrogens is 214 g/mol. The Morgan fingerprint density at radius 1 is 1.06 bits per heavy atom. The maximum Gasteiger partial charge on any atom is 0.267 e. The van der Waals surface area contributed by atoms with E-state index in [-0.39, 0.29) is 11.1 Å². The van der Waals surface area contributed by atoms with Gasteiger partial charge in [-0.15, -0.1) is 0 Å². The lowest BCUT2D eigenvalue weighted by molar-refractivity contribution is 1.20. The average molecular weight is 221 g/mol. The lowest BCUT2D eigenvalue weighted by Gasteiger charge is -2.02. The Morgan fingerprint density at radius 2 is 1.76 bits per heavy atom. The van der Waals surface area contributed by atoms with Gasteiger partial charge in [-0.3, -0.25) is 4.79 Å². The molecular formula is C13H7N3O. The predicted octanol–water partition coefficient (Wildman–Crippen LogP) is 1.79. The summed E-state index contributed by atoms with van der Waals surface area (Å²) in [4.78, 5) is 14.2. The summed E-state index contributed by atoms with van der Waals surface area (Å²) in [5.74, 6) is 0. The molecule has 0 bridgehead atoms. The van der Waals surface area contributed by atoms with Crippen LogP contribution in [0.25, 0.3) is 11.3 Å². The highest BCUT2D eigenvalue weighted by atomic mass is 16.1. The third-order valence-electron chi connectivity index (χ3n) is 2.35. The molecule has 0 spiro atoms. The number of hydrogen-bond acceptors (Lipinski definition) is 3. The zero-order chi connectivity index (χ0) is 12.3. The molecule has 1 aromatic carbocycles. The molecule has 4 heteroatoms. The summed E-state index contributed by atoms with van der Waals surface area (Å²) in [6.45, 7) is 0. The van der Waals surface area contributed by atoms with Crippen LogP contribution in [-0.4, -0.2) is 4.98 Å². The second-order valence-corrected chi connectivity index (χ2v) is 3.39. The summed E-state index contributed by atoms with van der Waals surface area (Å²) >= 11 is 0. The number of benzene rings is 1. The number of nitrogens with zero attached hydrogens (tertiary/aromatic N) is 2. The van der Waals surface area contributed by atoms with Gasteiger partial charge in [0.25, 0.3) is 5.56 Å². The number of nitrogens with one attached hydrogen (secondary N) is 1. The van der Waals surface area contributed by atoms with Crippen LogP contribution in [-0.2, 0) is 0 Å². The minimum Gasteiger partial charge on any atom is -0.321 e. The van der Waals surface area contributed by atoms with Crippen molar-refractivity contribution in [1.29, 1.82) is 10.5 Å². The highest BCUT2D eigenvalue weighted by Gasteiger charge is 2.09. The van der Waals surface area contributed by atoms with E-state index in [9.17, 15) is 4.79 Å². The molecule has 2 rings (SSSR count). The zero-order valence-corrected chi connectivity index (χ0v) is 8.77. The van der Waals surface area contributed by atoms with Crippen LogP contribution < -0.4 is 5.56 Å².